The van der Waals surface area contributed by atoms with Crippen LogP contribution in [0.3, 0.4) is 0 Å². The molecule has 4 heteroatoms. The summed E-state index contributed by atoms with van der Waals surface area (Å²) in [5, 5.41) is 8.78. The Labute approximate surface area is 112 Å². The molecule has 0 aliphatic rings. The highest BCUT2D eigenvalue weighted by atomic mass is 16.5. The van der Waals surface area contributed by atoms with Crippen LogP contribution in [0, 0.1) is 5.92 Å². The third kappa shape index (κ3) is 5.86. The lowest BCUT2D eigenvalue weighted by molar-refractivity contribution is -0.143. The Kier molecular flexibility index (Phi) is 5.79. The third-order valence-corrected chi connectivity index (χ3v) is 2.35. The summed E-state index contributed by atoms with van der Waals surface area (Å²) < 4.78 is 5.12. The number of ether oxygens (including phenoxy) is 1. The minimum Gasteiger partial charge on any atom is -0.481 e. The van der Waals surface area contributed by atoms with E-state index in [-0.39, 0.29) is 24.5 Å². The van der Waals surface area contributed by atoms with Gasteiger partial charge in [0.1, 0.15) is 6.61 Å². The number of rotatable bonds is 6. The lowest BCUT2D eigenvalue weighted by Crippen LogP contribution is -2.12. The summed E-state index contributed by atoms with van der Waals surface area (Å²) in [6, 6.07) is 9.27. The number of carboxylic acids is 1. The van der Waals surface area contributed by atoms with E-state index in [9.17, 15) is 9.59 Å². The van der Waals surface area contributed by atoms with Crippen molar-refractivity contribution in [3.05, 3.63) is 47.5 Å². The molecular weight excluding hydrogens is 244 g/mol. The van der Waals surface area contributed by atoms with E-state index < -0.39 is 11.9 Å². The highest BCUT2D eigenvalue weighted by Crippen LogP contribution is 2.11. The minimum absolute atomic E-state index is 0.0959. The molecule has 1 N–H and O–H groups in total. The van der Waals surface area contributed by atoms with Crippen molar-refractivity contribution in [2.24, 2.45) is 5.92 Å². The monoisotopic (exact) mass is 262 g/mol. The molecule has 0 heterocycles. The second-order valence-electron chi connectivity index (χ2n) is 4.57. The Morgan fingerprint density at radius 3 is 2.42 bits per heavy atom. The zero-order valence-electron chi connectivity index (χ0n) is 11.1. The summed E-state index contributed by atoms with van der Waals surface area (Å²) in [5.74, 6) is -1.51. The number of esters is 1. The van der Waals surface area contributed by atoms with Crippen LogP contribution in [0.1, 0.15) is 25.8 Å². The number of carboxylic acid groups (broad SMARTS) is 1. The summed E-state index contributed by atoms with van der Waals surface area (Å²) in [6.07, 6.45) is 1.31. The Hall–Kier alpha value is -2.10. The smallest absolute Gasteiger partial charge is 0.334 e. The van der Waals surface area contributed by atoms with Gasteiger partial charge in [-0.1, -0.05) is 50.3 Å². The van der Waals surface area contributed by atoms with Crippen LogP contribution < -0.4 is 0 Å². The number of benzene rings is 1. The zero-order chi connectivity index (χ0) is 14.3. The maximum atomic E-state index is 11.8. The number of aliphatic carboxylic acids is 1. The van der Waals surface area contributed by atoms with Crippen molar-refractivity contribution in [1.82, 2.24) is 0 Å². The fourth-order valence-electron chi connectivity index (χ4n) is 1.58. The van der Waals surface area contributed by atoms with Crippen molar-refractivity contribution >= 4 is 11.9 Å². The van der Waals surface area contributed by atoms with Crippen LogP contribution in [0.2, 0.25) is 0 Å². The summed E-state index contributed by atoms with van der Waals surface area (Å²) >= 11 is 0. The molecule has 0 bridgehead atoms. The molecule has 1 aromatic rings. The fraction of sp³-hybridized carbons (Fsp3) is 0.333. The maximum absolute atomic E-state index is 11.8. The molecule has 0 fully saturated rings. The quantitative estimate of drug-likeness (QED) is 0.632. The normalized spacial score (nSPS) is 11.4. The van der Waals surface area contributed by atoms with Gasteiger partial charge in [-0.25, -0.2) is 4.79 Å². The van der Waals surface area contributed by atoms with E-state index in [2.05, 4.69) is 0 Å². The molecule has 0 spiro atoms. The predicted octanol–water partition coefficient (Wildman–Crippen LogP) is 2.79. The molecule has 4 nitrogen and oxygen atoms in total. The second kappa shape index (κ2) is 7.36. The average molecular weight is 262 g/mol. The van der Waals surface area contributed by atoms with Gasteiger partial charge in [0.05, 0.1) is 6.42 Å². The molecule has 0 saturated carbocycles. The van der Waals surface area contributed by atoms with E-state index in [1.807, 2.05) is 44.2 Å². The zero-order valence-corrected chi connectivity index (χ0v) is 11.1. The highest BCUT2D eigenvalue weighted by Gasteiger charge is 2.15. The highest BCUT2D eigenvalue weighted by molar-refractivity contribution is 5.93. The molecule has 0 atom stereocenters. The lowest BCUT2D eigenvalue weighted by atomic mass is 10.1. The lowest BCUT2D eigenvalue weighted by Gasteiger charge is -2.08. The molecule has 0 aromatic heterocycles. The van der Waals surface area contributed by atoms with Gasteiger partial charge in [-0.3, -0.25) is 4.79 Å². The summed E-state index contributed by atoms with van der Waals surface area (Å²) in [6.45, 7) is 3.91. The Morgan fingerprint density at radius 1 is 1.26 bits per heavy atom. The second-order valence-corrected chi connectivity index (χ2v) is 4.57. The van der Waals surface area contributed by atoms with E-state index in [0.29, 0.717) is 0 Å². The van der Waals surface area contributed by atoms with Crippen molar-refractivity contribution in [2.75, 3.05) is 0 Å². The average Bonchev–Trinajstić information content (AvgIpc) is 2.35. The van der Waals surface area contributed by atoms with E-state index in [1.54, 1.807) is 6.08 Å². The predicted molar refractivity (Wildman–Crippen MR) is 71.4 cm³/mol. The molecule has 1 aromatic carbocycles. The number of allylic oxidation sites excluding steroid dienone is 1. The fourth-order valence-corrected chi connectivity index (χ4v) is 1.58. The van der Waals surface area contributed by atoms with Gasteiger partial charge < -0.3 is 9.84 Å². The first-order valence-corrected chi connectivity index (χ1v) is 6.12. The van der Waals surface area contributed by atoms with Crippen LogP contribution in [0.5, 0.6) is 0 Å². The first-order valence-electron chi connectivity index (χ1n) is 6.12. The van der Waals surface area contributed by atoms with Gasteiger partial charge in [-0.15, -0.1) is 0 Å². The third-order valence-electron chi connectivity index (χ3n) is 2.35. The molecular formula is C15H18O4. The molecule has 0 radical (unpaired) electrons. The standard InChI is InChI=1S/C15H18O4/c1-11(2)8-13(9-14(16)17)15(18)19-10-12-6-4-3-5-7-12/h3-8,11H,9-10H2,1-2H3,(H,16,17)/b13-8-. The maximum Gasteiger partial charge on any atom is 0.334 e. The van der Waals surface area contributed by atoms with Crippen molar-refractivity contribution < 1.29 is 19.4 Å². The van der Waals surface area contributed by atoms with Crippen molar-refractivity contribution in [3.63, 3.8) is 0 Å². The van der Waals surface area contributed by atoms with Gasteiger partial charge in [0.2, 0.25) is 0 Å². The van der Waals surface area contributed by atoms with Gasteiger partial charge in [0, 0.05) is 5.57 Å². The van der Waals surface area contributed by atoms with Gasteiger partial charge in [-0.05, 0) is 11.5 Å². The number of hydrogen-bond donors (Lipinski definition) is 1. The van der Waals surface area contributed by atoms with Gasteiger partial charge in [0.25, 0.3) is 0 Å². The van der Waals surface area contributed by atoms with Crippen LogP contribution in [0.15, 0.2) is 42.0 Å². The number of carbonyl (C=O) groups excluding carboxylic acids is 1. The topological polar surface area (TPSA) is 63.6 Å². The Morgan fingerprint density at radius 2 is 1.89 bits per heavy atom. The number of hydrogen-bond acceptors (Lipinski definition) is 3. The summed E-state index contributed by atoms with van der Waals surface area (Å²) in [7, 11) is 0. The van der Waals surface area contributed by atoms with Crippen molar-refractivity contribution in [2.45, 2.75) is 26.9 Å². The van der Waals surface area contributed by atoms with E-state index in [1.165, 1.54) is 0 Å². The van der Waals surface area contributed by atoms with Crippen LogP contribution in [0.25, 0.3) is 0 Å². The van der Waals surface area contributed by atoms with Gasteiger partial charge in [-0.2, -0.15) is 0 Å². The van der Waals surface area contributed by atoms with Crippen LogP contribution in [-0.2, 0) is 20.9 Å². The van der Waals surface area contributed by atoms with E-state index >= 15 is 0 Å². The summed E-state index contributed by atoms with van der Waals surface area (Å²) in [4.78, 5) is 22.6. The van der Waals surface area contributed by atoms with Crippen LogP contribution in [-0.4, -0.2) is 17.0 Å². The molecule has 0 unspecified atom stereocenters. The van der Waals surface area contributed by atoms with Crippen LogP contribution in [0.4, 0.5) is 0 Å². The van der Waals surface area contributed by atoms with Gasteiger partial charge >= 0.3 is 11.9 Å². The molecule has 0 saturated heterocycles. The first-order chi connectivity index (χ1) is 8.99. The summed E-state index contributed by atoms with van der Waals surface area (Å²) in [5.41, 5.74) is 1.06. The first kappa shape index (κ1) is 15.0. The Bertz CT molecular complexity index is 460. The van der Waals surface area contributed by atoms with Gasteiger partial charge in [0.15, 0.2) is 0 Å². The van der Waals surface area contributed by atoms with E-state index in [0.717, 1.165) is 5.56 Å². The minimum atomic E-state index is -1.04. The number of carbonyl (C=O) groups is 2. The molecule has 1 rings (SSSR count). The SMILES string of the molecule is CC(C)/C=C(/CC(=O)O)C(=O)OCc1ccccc1. The molecule has 0 aliphatic heterocycles. The van der Waals surface area contributed by atoms with Crippen molar-refractivity contribution in [1.29, 1.82) is 0 Å². The van der Waals surface area contributed by atoms with Crippen molar-refractivity contribution in [3.8, 4) is 0 Å². The molecule has 19 heavy (non-hydrogen) atoms. The largest absolute Gasteiger partial charge is 0.481 e. The molecule has 0 amide bonds. The molecule has 0 aliphatic carbocycles. The molecule has 102 valence electrons. The van der Waals surface area contributed by atoms with E-state index in [4.69, 9.17) is 9.84 Å². The Balaban J connectivity index is 2.65. The van der Waals surface area contributed by atoms with Crippen LogP contribution >= 0.6 is 0 Å².